The molecule has 1 aliphatic heterocycles. The summed E-state index contributed by atoms with van der Waals surface area (Å²) in [7, 11) is 0. The number of benzene rings is 1. The Morgan fingerprint density at radius 2 is 2.00 bits per heavy atom. The lowest BCUT2D eigenvalue weighted by atomic mass is 9.95. The molecule has 0 bridgehead atoms. The molecule has 1 fully saturated rings. The van der Waals surface area contributed by atoms with E-state index < -0.39 is 0 Å². The van der Waals surface area contributed by atoms with Crippen LogP contribution in [0, 0.1) is 0 Å². The molecule has 1 aromatic heterocycles. The van der Waals surface area contributed by atoms with Crippen LogP contribution in [0.15, 0.2) is 42.7 Å². The molecule has 3 rings (SSSR count). The summed E-state index contributed by atoms with van der Waals surface area (Å²) in [6.45, 7) is 0.807. The number of likely N-dealkylation sites (tertiary alicyclic amines) is 1. The Balaban J connectivity index is 1.66. The van der Waals surface area contributed by atoms with Crippen LogP contribution in [0.2, 0.25) is 0 Å². The highest BCUT2D eigenvalue weighted by atomic mass is 16.3. The maximum absolute atomic E-state index is 12.7. The molecule has 23 heavy (non-hydrogen) atoms. The number of nitrogens with zero attached hydrogens (tertiary/aromatic N) is 3. The number of hydrogen-bond acceptors (Lipinski definition) is 4. The van der Waals surface area contributed by atoms with E-state index in [0.717, 1.165) is 32.2 Å². The van der Waals surface area contributed by atoms with Gasteiger partial charge in [0.05, 0.1) is 18.0 Å². The number of aromatic nitrogens is 2. The van der Waals surface area contributed by atoms with E-state index in [2.05, 4.69) is 10.2 Å². The molecule has 5 heteroatoms. The van der Waals surface area contributed by atoms with Gasteiger partial charge in [-0.3, -0.25) is 4.79 Å². The normalized spacial score (nSPS) is 17.9. The number of rotatable bonds is 4. The van der Waals surface area contributed by atoms with Crippen molar-refractivity contribution in [1.29, 1.82) is 0 Å². The van der Waals surface area contributed by atoms with E-state index in [0.29, 0.717) is 5.56 Å². The zero-order chi connectivity index (χ0) is 16.1. The quantitative estimate of drug-likeness (QED) is 0.943. The van der Waals surface area contributed by atoms with Crippen LogP contribution < -0.4 is 0 Å². The molecule has 0 spiro atoms. The maximum Gasteiger partial charge on any atom is 0.255 e. The van der Waals surface area contributed by atoms with Crippen LogP contribution in [-0.4, -0.2) is 38.7 Å². The first-order valence-electron chi connectivity index (χ1n) is 8.09. The van der Waals surface area contributed by atoms with Crippen LogP contribution >= 0.6 is 0 Å². The summed E-state index contributed by atoms with van der Waals surface area (Å²) in [6, 6.07) is 9.29. The molecule has 0 radical (unpaired) electrons. The zero-order valence-electron chi connectivity index (χ0n) is 13.1. The molecule has 1 saturated heterocycles. The average molecular weight is 311 g/mol. The van der Waals surface area contributed by atoms with Crippen LogP contribution in [0.25, 0.3) is 0 Å². The highest BCUT2D eigenvalue weighted by Gasteiger charge is 2.27. The van der Waals surface area contributed by atoms with Gasteiger partial charge in [0.25, 0.3) is 5.91 Å². The summed E-state index contributed by atoms with van der Waals surface area (Å²) >= 11 is 0. The van der Waals surface area contributed by atoms with Crippen molar-refractivity contribution in [2.75, 3.05) is 6.54 Å². The molecule has 1 atom stereocenters. The van der Waals surface area contributed by atoms with Gasteiger partial charge in [0, 0.05) is 12.6 Å². The molecule has 5 nitrogen and oxygen atoms in total. The molecule has 1 amide bonds. The number of hydrogen-bond donors (Lipinski definition) is 1. The van der Waals surface area contributed by atoms with Gasteiger partial charge in [0.2, 0.25) is 0 Å². The fourth-order valence-electron chi connectivity index (χ4n) is 3.15. The molecule has 1 aromatic carbocycles. The number of phenols is 1. The van der Waals surface area contributed by atoms with Crippen LogP contribution in [0.5, 0.6) is 5.75 Å². The summed E-state index contributed by atoms with van der Waals surface area (Å²) in [5, 5.41) is 16.9. The summed E-state index contributed by atoms with van der Waals surface area (Å²) in [5.41, 5.74) is 1.79. The summed E-state index contributed by atoms with van der Waals surface area (Å²) in [6.07, 6.45) is 8.20. The number of piperidine rings is 1. The SMILES string of the molecule is O=C(c1ccnnc1)N1CCCC[C@H]1CCc1ccc(O)cc1. The van der Waals surface area contributed by atoms with Crippen LogP contribution in [-0.2, 0) is 6.42 Å². The second kappa shape index (κ2) is 7.22. The second-order valence-corrected chi connectivity index (χ2v) is 5.98. The smallest absolute Gasteiger partial charge is 0.255 e. The first kappa shape index (κ1) is 15.5. The number of amides is 1. The molecule has 0 saturated carbocycles. The van der Waals surface area contributed by atoms with Crippen molar-refractivity contribution in [3.05, 3.63) is 53.9 Å². The van der Waals surface area contributed by atoms with Crippen LogP contribution in [0.4, 0.5) is 0 Å². The van der Waals surface area contributed by atoms with Gasteiger partial charge in [-0.15, -0.1) is 0 Å². The third kappa shape index (κ3) is 3.86. The molecular formula is C18H21N3O2. The Labute approximate surface area is 136 Å². The van der Waals surface area contributed by atoms with E-state index in [1.54, 1.807) is 24.4 Å². The van der Waals surface area contributed by atoms with Gasteiger partial charge < -0.3 is 10.0 Å². The summed E-state index contributed by atoms with van der Waals surface area (Å²) in [5.74, 6) is 0.337. The Kier molecular flexibility index (Phi) is 4.86. The minimum atomic E-state index is 0.0512. The minimum Gasteiger partial charge on any atom is -0.508 e. The van der Waals surface area contributed by atoms with Gasteiger partial charge in [0.15, 0.2) is 0 Å². The lowest BCUT2D eigenvalue weighted by molar-refractivity contribution is 0.0601. The van der Waals surface area contributed by atoms with Crippen molar-refractivity contribution < 1.29 is 9.90 Å². The number of aryl methyl sites for hydroxylation is 1. The summed E-state index contributed by atoms with van der Waals surface area (Å²) in [4.78, 5) is 14.7. The Morgan fingerprint density at radius 3 is 2.74 bits per heavy atom. The summed E-state index contributed by atoms with van der Waals surface area (Å²) < 4.78 is 0. The highest BCUT2D eigenvalue weighted by molar-refractivity contribution is 5.94. The first-order chi connectivity index (χ1) is 11.2. The van der Waals surface area contributed by atoms with Crippen molar-refractivity contribution in [3.8, 4) is 5.75 Å². The Bertz CT molecular complexity index is 643. The van der Waals surface area contributed by atoms with Crippen LogP contribution in [0.3, 0.4) is 0 Å². The molecule has 2 heterocycles. The van der Waals surface area contributed by atoms with Gasteiger partial charge >= 0.3 is 0 Å². The minimum absolute atomic E-state index is 0.0512. The number of phenolic OH excluding ortho intramolecular Hbond substituents is 1. The van der Waals surface area contributed by atoms with Crippen LogP contribution in [0.1, 0.15) is 41.6 Å². The van der Waals surface area contributed by atoms with E-state index in [-0.39, 0.29) is 17.7 Å². The second-order valence-electron chi connectivity index (χ2n) is 5.98. The Hall–Kier alpha value is -2.43. The van der Waals surface area contributed by atoms with Gasteiger partial charge in [0.1, 0.15) is 5.75 Å². The van der Waals surface area contributed by atoms with Crippen molar-refractivity contribution in [3.63, 3.8) is 0 Å². The molecule has 120 valence electrons. The monoisotopic (exact) mass is 311 g/mol. The zero-order valence-corrected chi connectivity index (χ0v) is 13.1. The highest BCUT2D eigenvalue weighted by Crippen LogP contribution is 2.23. The largest absolute Gasteiger partial charge is 0.508 e. The average Bonchev–Trinajstić information content (AvgIpc) is 2.62. The van der Waals surface area contributed by atoms with E-state index in [1.807, 2.05) is 17.0 Å². The van der Waals surface area contributed by atoms with Gasteiger partial charge in [-0.2, -0.15) is 10.2 Å². The lowest BCUT2D eigenvalue weighted by Crippen LogP contribution is -2.44. The first-order valence-corrected chi connectivity index (χ1v) is 8.09. The fraction of sp³-hybridized carbons (Fsp3) is 0.389. The topological polar surface area (TPSA) is 66.3 Å². The van der Waals surface area contributed by atoms with Crippen molar-refractivity contribution in [2.24, 2.45) is 0 Å². The van der Waals surface area contributed by atoms with Gasteiger partial charge in [-0.1, -0.05) is 12.1 Å². The van der Waals surface area contributed by atoms with Gasteiger partial charge in [-0.05, 0) is 55.9 Å². The van der Waals surface area contributed by atoms with E-state index in [9.17, 15) is 9.90 Å². The predicted octanol–water partition coefficient (Wildman–Crippen LogP) is 2.81. The third-order valence-electron chi connectivity index (χ3n) is 4.42. The molecule has 1 aliphatic rings. The standard InChI is InChI=1S/C18H21N3O2/c22-17-8-5-14(6-9-17)4-7-16-3-1-2-12-21(16)18(23)15-10-11-19-20-13-15/h5-6,8-11,13,16,22H,1-4,7,12H2/t16-/m0/s1. The molecular weight excluding hydrogens is 290 g/mol. The lowest BCUT2D eigenvalue weighted by Gasteiger charge is -2.36. The van der Waals surface area contributed by atoms with E-state index in [1.165, 1.54) is 18.2 Å². The molecule has 0 aliphatic carbocycles. The fourth-order valence-corrected chi connectivity index (χ4v) is 3.15. The third-order valence-corrected chi connectivity index (χ3v) is 4.42. The van der Waals surface area contributed by atoms with Gasteiger partial charge in [-0.25, -0.2) is 0 Å². The Morgan fingerprint density at radius 1 is 1.17 bits per heavy atom. The molecule has 0 unspecified atom stereocenters. The maximum atomic E-state index is 12.7. The predicted molar refractivity (Wildman–Crippen MR) is 87.1 cm³/mol. The number of aromatic hydroxyl groups is 1. The van der Waals surface area contributed by atoms with E-state index in [4.69, 9.17) is 0 Å². The molecule has 1 N–H and O–H groups in total. The van der Waals surface area contributed by atoms with Crippen molar-refractivity contribution in [2.45, 2.75) is 38.1 Å². The van der Waals surface area contributed by atoms with E-state index >= 15 is 0 Å². The van der Waals surface area contributed by atoms with Crippen molar-refractivity contribution >= 4 is 5.91 Å². The number of carbonyl (C=O) groups is 1. The molecule has 2 aromatic rings. The number of carbonyl (C=O) groups excluding carboxylic acids is 1. The van der Waals surface area contributed by atoms with Crippen molar-refractivity contribution in [1.82, 2.24) is 15.1 Å².